The average Bonchev–Trinajstić information content (AvgIpc) is 3.06. The van der Waals surface area contributed by atoms with Gasteiger partial charge in [0.1, 0.15) is 12.4 Å². The van der Waals surface area contributed by atoms with E-state index in [1.807, 2.05) is 43.3 Å². The van der Waals surface area contributed by atoms with Crippen LogP contribution in [-0.2, 0) is 22.7 Å². The smallest absolute Gasteiger partial charge is 0.343 e. The number of benzene rings is 2. The van der Waals surface area contributed by atoms with Crippen LogP contribution >= 0.6 is 23.2 Å². The molecule has 1 aromatic heterocycles. The van der Waals surface area contributed by atoms with Crippen molar-refractivity contribution in [1.82, 2.24) is 9.78 Å². The van der Waals surface area contributed by atoms with Gasteiger partial charge in [0.05, 0.1) is 13.7 Å². The number of halogens is 2. The fourth-order valence-electron chi connectivity index (χ4n) is 2.62. The van der Waals surface area contributed by atoms with Crippen molar-refractivity contribution in [3.63, 3.8) is 0 Å². The van der Waals surface area contributed by atoms with Crippen molar-refractivity contribution in [2.45, 2.75) is 20.1 Å². The number of hydrogen-bond acceptors (Lipinski definition) is 5. The molecule has 0 N–H and O–H groups in total. The number of carbonyl (C=O) groups is 1. The zero-order valence-electron chi connectivity index (χ0n) is 16.0. The van der Waals surface area contributed by atoms with Crippen LogP contribution in [0, 0.1) is 6.92 Å². The normalized spacial score (nSPS) is 10.6. The number of ether oxygens (including phenoxy) is 3. The molecule has 29 heavy (non-hydrogen) atoms. The van der Waals surface area contributed by atoms with Crippen molar-refractivity contribution in [2.75, 3.05) is 13.7 Å². The van der Waals surface area contributed by atoms with E-state index in [4.69, 9.17) is 32.7 Å². The minimum atomic E-state index is -0.468. The lowest BCUT2D eigenvalue weighted by Crippen LogP contribution is -2.13. The van der Waals surface area contributed by atoms with E-state index in [-0.39, 0.29) is 6.61 Å². The van der Waals surface area contributed by atoms with E-state index in [9.17, 15) is 4.79 Å². The molecule has 0 saturated carbocycles. The Balaban J connectivity index is 1.73. The maximum Gasteiger partial charge on any atom is 0.343 e. The summed E-state index contributed by atoms with van der Waals surface area (Å²) in [6.07, 6.45) is 0. The molecule has 0 saturated heterocycles. The van der Waals surface area contributed by atoms with Crippen LogP contribution in [-0.4, -0.2) is 29.5 Å². The summed E-state index contributed by atoms with van der Waals surface area (Å²) in [6.45, 7) is 2.54. The van der Waals surface area contributed by atoms with Crippen molar-refractivity contribution in [3.05, 3.63) is 75.4 Å². The SMILES string of the molecule is COC(=O)COc1cc(C)n(Cc2cc(Cl)ccc2OCc2ccc(Cl)cc2)n1. The predicted molar refractivity (Wildman–Crippen MR) is 111 cm³/mol. The van der Waals surface area contributed by atoms with Gasteiger partial charge in [-0.25, -0.2) is 4.79 Å². The molecule has 0 fully saturated rings. The molecule has 3 rings (SSSR count). The minimum absolute atomic E-state index is 0.195. The van der Waals surface area contributed by atoms with Crippen molar-refractivity contribution >= 4 is 29.2 Å². The number of hydrogen-bond donors (Lipinski definition) is 0. The Kier molecular flexibility index (Phi) is 7.01. The van der Waals surface area contributed by atoms with Gasteiger partial charge in [-0.3, -0.25) is 4.68 Å². The highest BCUT2D eigenvalue weighted by atomic mass is 35.5. The molecule has 0 bridgehead atoms. The molecular formula is C21H20Cl2N2O4. The van der Waals surface area contributed by atoms with Gasteiger partial charge >= 0.3 is 5.97 Å². The number of esters is 1. The second-order valence-corrected chi connectivity index (χ2v) is 7.19. The number of aryl methyl sites for hydroxylation is 1. The number of carbonyl (C=O) groups excluding carboxylic acids is 1. The van der Waals surface area contributed by atoms with Crippen LogP contribution in [0.3, 0.4) is 0 Å². The molecule has 2 aromatic carbocycles. The molecule has 6 nitrogen and oxygen atoms in total. The number of methoxy groups -OCH3 is 1. The van der Waals surface area contributed by atoms with Gasteiger partial charge in [0.15, 0.2) is 6.61 Å². The first-order valence-electron chi connectivity index (χ1n) is 8.84. The fourth-order valence-corrected chi connectivity index (χ4v) is 2.94. The standard InChI is InChI=1S/C21H20Cl2N2O4/c1-14-9-20(29-13-21(26)27-2)24-25(14)11-16-10-18(23)7-8-19(16)28-12-15-3-5-17(22)6-4-15/h3-10H,11-13H2,1-2H3. The molecule has 3 aromatic rings. The second-order valence-electron chi connectivity index (χ2n) is 6.31. The van der Waals surface area contributed by atoms with Crippen molar-refractivity contribution in [2.24, 2.45) is 0 Å². The molecule has 8 heteroatoms. The summed E-state index contributed by atoms with van der Waals surface area (Å²) in [5.41, 5.74) is 2.75. The molecule has 0 spiro atoms. The van der Waals surface area contributed by atoms with Gasteiger partial charge in [-0.05, 0) is 42.8 Å². The third-order valence-corrected chi connectivity index (χ3v) is 4.66. The monoisotopic (exact) mass is 434 g/mol. The van der Waals surface area contributed by atoms with E-state index in [0.717, 1.165) is 16.8 Å². The van der Waals surface area contributed by atoms with E-state index in [1.54, 1.807) is 16.8 Å². The Morgan fingerprint density at radius 1 is 1.03 bits per heavy atom. The van der Waals surface area contributed by atoms with E-state index in [2.05, 4.69) is 9.84 Å². The van der Waals surface area contributed by atoms with Gasteiger partial charge in [-0.15, -0.1) is 5.10 Å². The van der Waals surface area contributed by atoms with Crippen LogP contribution in [0.2, 0.25) is 10.0 Å². The van der Waals surface area contributed by atoms with Crippen molar-refractivity contribution in [3.8, 4) is 11.6 Å². The first kappa shape index (κ1) is 21.0. The topological polar surface area (TPSA) is 62.6 Å². The van der Waals surface area contributed by atoms with E-state index < -0.39 is 5.97 Å². The Morgan fingerprint density at radius 3 is 2.48 bits per heavy atom. The van der Waals surface area contributed by atoms with Gasteiger partial charge in [-0.1, -0.05) is 35.3 Å². The highest BCUT2D eigenvalue weighted by molar-refractivity contribution is 6.30. The van der Waals surface area contributed by atoms with Crippen LogP contribution in [0.4, 0.5) is 0 Å². The van der Waals surface area contributed by atoms with Crippen LogP contribution in [0.15, 0.2) is 48.5 Å². The van der Waals surface area contributed by atoms with E-state index in [1.165, 1.54) is 7.11 Å². The predicted octanol–water partition coefficient (Wildman–Crippen LogP) is 4.68. The van der Waals surface area contributed by atoms with Gasteiger partial charge in [-0.2, -0.15) is 0 Å². The van der Waals surface area contributed by atoms with E-state index in [0.29, 0.717) is 34.8 Å². The lowest BCUT2D eigenvalue weighted by molar-refractivity contribution is -0.143. The molecule has 1 heterocycles. The zero-order valence-corrected chi connectivity index (χ0v) is 17.5. The Morgan fingerprint density at radius 2 is 1.76 bits per heavy atom. The van der Waals surface area contributed by atoms with Crippen molar-refractivity contribution < 1.29 is 19.0 Å². The second kappa shape index (κ2) is 9.67. The van der Waals surface area contributed by atoms with Gasteiger partial charge < -0.3 is 14.2 Å². The van der Waals surface area contributed by atoms with Crippen LogP contribution in [0.25, 0.3) is 0 Å². The van der Waals surface area contributed by atoms with Gasteiger partial charge in [0.2, 0.25) is 5.88 Å². The highest BCUT2D eigenvalue weighted by Crippen LogP contribution is 2.26. The van der Waals surface area contributed by atoms with Gasteiger partial charge in [0.25, 0.3) is 0 Å². The first-order valence-corrected chi connectivity index (χ1v) is 9.60. The number of rotatable bonds is 8. The van der Waals surface area contributed by atoms with Crippen LogP contribution < -0.4 is 9.47 Å². The zero-order chi connectivity index (χ0) is 20.8. The minimum Gasteiger partial charge on any atom is -0.489 e. The maximum absolute atomic E-state index is 11.2. The number of nitrogens with zero attached hydrogens (tertiary/aromatic N) is 2. The number of aromatic nitrogens is 2. The Hall–Kier alpha value is -2.70. The molecule has 152 valence electrons. The van der Waals surface area contributed by atoms with Crippen molar-refractivity contribution in [1.29, 1.82) is 0 Å². The Bertz CT molecular complexity index is 987. The summed E-state index contributed by atoms with van der Waals surface area (Å²) in [6, 6.07) is 14.7. The summed E-state index contributed by atoms with van der Waals surface area (Å²) < 4.78 is 17.7. The summed E-state index contributed by atoms with van der Waals surface area (Å²) in [7, 11) is 1.31. The summed E-state index contributed by atoms with van der Waals surface area (Å²) in [5.74, 6) is 0.583. The lowest BCUT2D eigenvalue weighted by Gasteiger charge is -2.13. The molecule has 0 aliphatic carbocycles. The summed E-state index contributed by atoms with van der Waals surface area (Å²) in [4.78, 5) is 11.2. The fraction of sp³-hybridized carbons (Fsp3) is 0.238. The van der Waals surface area contributed by atoms with E-state index >= 15 is 0 Å². The maximum atomic E-state index is 11.2. The lowest BCUT2D eigenvalue weighted by atomic mass is 10.2. The summed E-state index contributed by atoms with van der Waals surface area (Å²) in [5, 5.41) is 5.67. The average molecular weight is 435 g/mol. The quantitative estimate of drug-likeness (QED) is 0.481. The molecule has 0 atom stereocenters. The van der Waals surface area contributed by atoms with Gasteiger partial charge in [0, 0.05) is 27.4 Å². The third kappa shape index (κ3) is 5.89. The highest BCUT2D eigenvalue weighted by Gasteiger charge is 2.12. The third-order valence-electron chi connectivity index (χ3n) is 4.17. The Labute approximate surface area is 178 Å². The summed E-state index contributed by atoms with van der Waals surface area (Å²) >= 11 is 12.1. The molecule has 0 unspecified atom stereocenters. The molecule has 0 radical (unpaired) electrons. The molecule has 0 aliphatic rings. The molecule has 0 aliphatic heterocycles. The largest absolute Gasteiger partial charge is 0.489 e. The first-order chi connectivity index (χ1) is 13.9. The molecular weight excluding hydrogens is 415 g/mol. The van der Waals surface area contributed by atoms with Crippen LogP contribution in [0.1, 0.15) is 16.8 Å². The molecule has 0 amide bonds. The van der Waals surface area contributed by atoms with Crippen LogP contribution in [0.5, 0.6) is 11.6 Å².